The Morgan fingerprint density at radius 1 is 1.12 bits per heavy atom. The van der Waals surface area contributed by atoms with Gasteiger partial charge in [0, 0.05) is 18.6 Å². The van der Waals surface area contributed by atoms with Gasteiger partial charge in [-0.25, -0.2) is 18.4 Å². The van der Waals surface area contributed by atoms with Crippen LogP contribution in [-0.2, 0) is 16.3 Å². The normalized spacial score (nSPS) is 11.6. The van der Waals surface area contributed by atoms with Crippen LogP contribution in [0.15, 0.2) is 17.6 Å². The first-order valence-corrected chi connectivity index (χ1v) is 7.44. The molecular weight excluding hydrogens is 224 g/mol. The van der Waals surface area contributed by atoms with Crippen molar-refractivity contribution in [3.63, 3.8) is 0 Å². The highest BCUT2D eigenvalue weighted by atomic mass is 32.2. The molecule has 4 nitrogen and oxygen atoms in total. The maximum absolute atomic E-state index is 11.1. The van der Waals surface area contributed by atoms with E-state index in [2.05, 4.69) is 16.9 Å². The monoisotopic (exact) mass is 242 g/mol. The Morgan fingerprint density at radius 2 is 1.75 bits per heavy atom. The number of sulfone groups is 1. The van der Waals surface area contributed by atoms with E-state index in [4.69, 9.17) is 0 Å². The van der Waals surface area contributed by atoms with E-state index in [0.717, 1.165) is 24.7 Å². The van der Waals surface area contributed by atoms with Gasteiger partial charge in [0.15, 0.2) is 0 Å². The minimum atomic E-state index is -3.27. The zero-order valence-corrected chi connectivity index (χ0v) is 10.6. The van der Waals surface area contributed by atoms with Crippen LogP contribution in [0.2, 0.25) is 0 Å². The lowest BCUT2D eigenvalue weighted by atomic mass is 10.1. The SMILES string of the molecule is CCCCCCc1cnc(S(C)(=O)=O)nc1. The quantitative estimate of drug-likeness (QED) is 0.565. The summed E-state index contributed by atoms with van der Waals surface area (Å²) in [7, 11) is -3.27. The van der Waals surface area contributed by atoms with Crippen LogP contribution in [0, 0.1) is 0 Å². The lowest BCUT2D eigenvalue weighted by molar-refractivity contribution is 0.592. The Morgan fingerprint density at radius 3 is 2.25 bits per heavy atom. The van der Waals surface area contributed by atoms with Crippen molar-refractivity contribution in [3.8, 4) is 0 Å². The molecule has 0 aliphatic heterocycles. The fourth-order valence-corrected chi connectivity index (χ4v) is 1.91. The number of unbranched alkanes of at least 4 members (excludes halogenated alkanes) is 3. The van der Waals surface area contributed by atoms with Crippen molar-refractivity contribution < 1.29 is 8.42 Å². The summed E-state index contributed by atoms with van der Waals surface area (Å²) in [5.74, 6) is 0. The molecule has 0 N–H and O–H groups in total. The van der Waals surface area contributed by atoms with Gasteiger partial charge < -0.3 is 0 Å². The van der Waals surface area contributed by atoms with Crippen LogP contribution in [0.1, 0.15) is 38.2 Å². The first-order chi connectivity index (χ1) is 7.54. The number of hydrogen-bond donors (Lipinski definition) is 0. The molecular formula is C11H18N2O2S. The third-order valence-electron chi connectivity index (χ3n) is 2.33. The molecule has 0 unspecified atom stereocenters. The van der Waals surface area contributed by atoms with Crippen molar-refractivity contribution in [3.05, 3.63) is 18.0 Å². The Hall–Kier alpha value is -0.970. The Balaban J connectivity index is 2.52. The second kappa shape index (κ2) is 5.94. The molecule has 0 aliphatic carbocycles. The molecule has 0 saturated carbocycles. The van der Waals surface area contributed by atoms with Crippen molar-refractivity contribution in [1.82, 2.24) is 9.97 Å². The Labute approximate surface area is 97.1 Å². The fourth-order valence-electron chi connectivity index (χ4n) is 1.42. The lowest BCUT2D eigenvalue weighted by Crippen LogP contribution is -2.04. The molecule has 0 amide bonds. The molecule has 1 aromatic heterocycles. The highest BCUT2D eigenvalue weighted by Crippen LogP contribution is 2.07. The smallest absolute Gasteiger partial charge is 0.227 e. The molecule has 0 aliphatic rings. The van der Waals surface area contributed by atoms with E-state index in [-0.39, 0.29) is 5.16 Å². The minimum Gasteiger partial charge on any atom is -0.227 e. The molecule has 0 atom stereocenters. The number of nitrogens with zero attached hydrogens (tertiary/aromatic N) is 2. The number of rotatable bonds is 6. The van der Waals surface area contributed by atoms with E-state index in [1.54, 1.807) is 12.4 Å². The van der Waals surface area contributed by atoms with Crippen LogP contribution in [0.4, 0.5) is 0 Å². The summed E-state index contributed by atoms with van der Waals surface area (Å²) in [6.45, 7) is 2.17. The van der Waals surface area contributed by atoms with Crippen molar-refractivity contribution in [2.45, 2.75) is 44.2 Å². The minimum absolute atomic E-state index is 0.0928. The number of hydrogen-bond acceptors (Lipinski definition) is 4. The molecule has 1 rings (SSSR count). The molecule has 16 heavy (non-hydrogen) atoms. The highest BCUT2D eigenvalue weighted by molar-refractivity contribution is 7.90. The first-order valence-electron chi connectivity index (χ1n) is 5.55. The van der Waals surface area contributed by atoms with Crippen LogP contribution in [0.25, 0.3) is 0 Å². The van der Waals surface area contributed by atoms with Gasteiger partial charge in [-0.2, -0.15) is 0 Å². The van der Waals surface area contributed by atoms with Gasteiger partial charge in [-0.3, -0.25) is 0 Å². The number of aromatic nitrogens is 2. The summed E-state index contributed by atoms with van der Waals surface area (Å²) in [4.78, 5) is 7.70. The van der Waals surface area contributed by atoms with E-state index >= 15 is 0 Å². The molecule has 0 saturated heterocycles. The molecule has 90 valence electrons. The van der Waals surface area contributed by atoms with Gasteiger partial charge in [0.1, 0.15) is 0 Å². The zero-order chi connectivity index (χ0) is 12.0. The van der Waals surface area contributed by atoms with Crippen molar-refractivity contribution in [2.24, 2.45) is 0 Å². The summed E-state index contributed by atoms with van der Waals surface area (Å²) < 4.78 is 22.2. The molecule has 0 radical (unpaired) electrons. The van der Waals surface area contributed by atoms with Gasteiger partial charge in [0.05, 0.1) is 0 Å². The van der Waals surface area contributed by atoms with Crippen LogP contribution in [0.3, 0.4) is 0 Å². The third kappa shape index (κ3) is 4.26. The van der Waals surface area contributed by atoms with E-state index in [9.17, 15) is 8.42 Å². The third-order valence-corrected chi connectivity index (χ3v) is 3.21. The first kappa shape index (κ1) is 13.1. The average Bonchev–Trinajstić information content (AvgIpc) is 2.24. The van der Waals surface area contributed by atoms with E-state index in [0.29, 0.717) is 0 Å². The lowest BCUT2D eigenvalue weighted by Gasteiger charge is -2.01. The molecule has 0 bridgehead atoms. The molecule has 1 heterocycles. The van der Waals surface area contributed by atoms with Gasteiger partial charge in [0.25, 0.3) is 0 Å². The van der Waals surface area contributed by atoms with Crippen molar-refractivity contribution in [1.29, 1.82) is 0 Å². The van der Waals surface area contributed by atoms with Crippen LogP contribution < -0.4 is 0 Å². The Bertz CT molecular complexity index is 412. The summed E-state index contributed by atoms with van der Waals surface area (Å²) >= 11 is 0. The van der Waals surface area contributed by atoms with Gasteiger partial charge >= 0.3 is 0 Å². The maximum atomic E-state index is 11.1. The van der Waals surface area contributed by atoms with Crippen LogP contribution in [0.5, 0.6) is 0 Å². The molecule has 5 heteroatoms. The molecule has 0 fully saturated rings. The van der Waals surface area contributed by atoms with Gasteiger partial charge in [0.2, 0.25) is 15.0 Å². The summed E-state index contributed by atoms with van der Waals surface area (Å²) in [5.41, 5.74) is 1.00. The molecule has 0 aromatic carbocycles. The summed E-state index contributed by atoms with van der Waals surface area (Å²) in [6, 6.07) is 0. The fraction of sp³-hybridized carbons (Fsp3) is 0.636. The highest BCUT2D eigenvalue weighted by Gasteiger charge is 2.09. The van der Waals surface area contributed by atoms with Gasteiger partial charge in [-0.15, -0.1) is 0 Å². The van der Waals surface area contributed by atoms with E-state index < -0.39 is 9.84 Å². The number of aryl methyl sites for hydroxylation is 1. The van der Waals surface area contributed by atoms with Crippen molar-refractivity contribution >= 4 is 9.84 Å². The molecule has 0 spiro atoms. The molecule has 1 aromatic rings. The van der Waals surface area contributed by atoms with Crippen molar-refractivity contribution in [2.75, 3.05) is 6.26 Å². The largest absolute Gasteiger partial charge is 0.246 e. The predicted octanol–water partition coefficient (Wildman–Crippen LogP) is 2.00. The maximum Gasteiger partial charge on any atom is 0.246 e. The zero-order valence-electron chi connectivity index (χ0n) is 9.81. The standard InChI is InChI=1S/C11H18N2O2S/c1-3-4-5-6-7-10-8-12-11(13-9-10)16(2,14)15/h8-9H,3-7H2,1-2H3. The summed E-state index contributed by atoms with van der Waals surface area (Å²) in [6.07, 6.45) is 10.0. The van der Waals surface area contributed by atoms with E-state index in [1.807, 2.05) is 0 Å². The van der Waals surface area contributed by atoms with E-state index in [1.165, 1.54) is 19.3 Å². The van der Waals surface area contributed by atoms with Gasteiger partial charge in [-0.05, 0) is 18.4 Å². The second-order valence-electron chi connectivity index (χ2n) is 3.96. The second-order valence-corrected chi connectivity index (χ2v) is 5.87. The van der Waals surface area contributed by atoms with Gasteiger partial charge in [-0.1, -0.05) is 26.2 Å². The van der Waals surface area contributed by atoms with Crippen LogP contribution in [-0.4, -0.2) is 24.6 Å². The predicted molar refractivity (Wildman–Crippen MR) is 63.0 cm³/mol. The van der Waals surface area contributed by atoms with Crippen LogP contribution >= 0.6 is 0 Å². The summed E-state index contributed by atoms with van der Waals surface area (Å²) in [5, 5.41) is -0.0928. The average molecular weight is 242 g/mol. The topological polar surface area (TPSA) is 59.9 Å². The Kier molecular flexibility index (Phi) is 4.86.